The molecule has 2 aromatic carbocycles. The molecular weight excluding hydrogens is 434 g/mol. The van der Waals surface area contributed by atoms with Crippen LogP contribution in [0.1, 0.15) is 40.7 Å². The summed E-state index contributed by atoms with van der Waals surface area (Å²) >= 11 is 0. The van der Waals surface area contributed by atoms with Gasteiger partial charge in [0.25, 0.3) is 11.8 Å². The second kappa shape index (κ2) is 7.73. The third-order valence-corrected chi connectivity index (χ3v) is 7.68. The molecule has 5 nitrogen and oxygen atoms in total. The van der Waals surface area contributed by atoms with Gasteiger partial charge in [-0.1, -0.05) is 24.3 Å². The van der Waals surface area contributed by atoms with Crippen molar-refractivity contribution in [1.82, 2.24) is 15.2 Å². The van der Waals surface area contributed by atoms with Gasteiger partial charge in [-0.25, -0.2) is 8.78 Å². The molecule has 2 aliphatic heterocycles. The van der Waals surface area contributed by atoms with Crippen LogP contribution >= 0.6 is 0 Å². The van der Waals surface area contributed by atoms with E-state index in [1.807, 2.05) is 60.5 Å². The quantitative estimate of drug-likeness (QED) is 0.607. The fraction of sp³-hybridized carbons (Fsp3) is 0.407. The van der Waals surface area contributed by atoms with E-state index in [1.165, 1.54) is 0 Å². The molecular formula is C27H28F2N4O. The number of aryl methyl sites for hydroxylation is 1. The van der Waals surface area contributed by atoms with E-state index in [1.54, 1.807) is 0 Å². The fourth-order valence-corrected chi connectivity index (χ4v) is 5.41. The zero-order valence-electron chi connectivity index (χ0n) is 19.2. The van der Waals surface area contributed by atoms with Crippen molar-refractivity contribution in [1.29, 1.82) is 0 Å². The first-order chi connectivity index (χ1) is 16.3. The van der Waals surface area contributed by atoms with E-state index < -0.39 is 5.92 Å². The Balaban J connectivity index is 1.18. The third kappa shape index (κ3) is 3.72. The van der Waals surface area contributed by atoms with Crippen molar-refractivity contribution in [3.63, 3.8) is 0 Å². The maximum Gasteiger partial charge on any atom is 0.261 e. The molecule has 3 fully saturated rings. The standard InChI is InChI=1S/C27H28F2N4O/c1-18-6-7-19(33-15-20(16-33)32-13-11-27(28,29)17-32)14-22(18)25(34)31-26(9-10-26)23-8-12-30-24-5-3-2-4-21(23)24/h2-8,12,14,20H,9-11,13,15-17H2,1H3,(H,31,34). The topological polar surface area (TPSA) is 48.5 Å². The zero-order valence-corrected chi connectivity index (χ0v) is 19.2. The van der Waals surface area contributed by atoms with Gasteiger partial charge < -0.3 is 10.2 Å². The monoisotopic (exact) mass is 462 g/mol. The van der Waals surface area contributed by atoms with Gasteiger partial charge in [-0.3, -0.25) is 14.7 Å². The summed E-state index contributed by atoms with van der Waals surface area (Å²) in [6.07, 6.45) is 3.57. The Hall–Kier alpha value is -3.06. The summed E-state index contributed by atoms with van der Waals surface area (Å²) in [6, 6.07) is 16.1. The van der Waals surface area contributed by atoms with Gasteiger partial charge in [-0.05, 0) is 55.2 Å². The lowest BCUT2D eigenvalue weighted by atomic mass is 9.98. The van der Waals surface area contributed by atoms with E-state index in [-0.39, 0.29) is 30.5 Å². The molecule has 0 atom stereocenters. The molecule has 6 rings (SSSR count). The Morgan fingerprint density at radius 1 is 1.09 bits per heavy atom. The van der Waals surface area contributed by atoms with Crippen molar-refractivity contribution in [2.24, 2.45) is 0 Å². The number of pyridine rings is 1. The Morgan fingerprint density at radius 3 is 2.62 bits per heavy atom. The highest BCUT2D eigenvalue weighted by Gasteiger charge is 2.47. The van der Waals surface area contributed by atoms with Crippen LogP contribution < -0.4 is 10.2 Å². The number of fused-ring (bicyclic) bond motifs is 1. The Morgan fingerprint density at radius 2 is 1.88 bits per heavy atom. The lowest BCUT2D eigenvalue weighted by Crippen LogP contribution is -2.59. The van der Waals surface area contributed by atoms with Crippen LogP contribution in [0.2, 0.25) is 0 Å². The summed E-state index contributed by atoms with van der Waals surface area (Å²) in [4.78, 5) is 21.9. The summed E-state index contributed by atoms with van der Waals surface area (Å²) in [7, 11) is 0. The van der Waals surface area contributed by atoms with Gasteiger partial charge in [0.15, 0.2) is 0 Å². The molecule has 1 aliphatic carbocycles. The molecule has 0 unspecified atom stereocenters. The normalized spacial score (nSPS) is 21.4. The molecule has 3 aromatic rings. The summed E-state index contributed by atoms with van der Waals surface area (Å²) in [5, 5.41) is 4.40. The largest absolute Gasteiger partial charge is 0.368 e. The molecule has 1 aromatic heterocycles. The number of carbonyl (C=O) groups excluding carboxylic acids is 1. The van der Waals surface area contributed by atoms with Crippen LogP contribution in [0.25, 0.3) is 10.9 Å². The van der Waals surface area contributed by atoms with E-state index in [0.717, 1.165) is 40.6 Å². The van der Waals surface area contributed by atoms with Crippen LogP contribution in [0.3, 0.4) is 0 Å². The van der Waals surface area contributed by atoms with Gasteiger partial charge in [0.05, 0.1) is 17.6 Å². The first kappa shape index (κ1) is 21.5. The average Bonchev–Trinajstić information content (AvgIpc) is 3.48. The van der Waals surface area contributed by atoms with Crippen LogP contribution in [0.4, 0.5) is 14.5 Å². The Kier molecular flexibility index (Phi) is 4.88. The molecule has 176 valence electrons. The molecule has 3 heterocycles. The number of hydrogen-bond acceptors (Lipinski definition) is 4. The molecule has 7 heteroatoms. The minimum Gasteiger partial charge on any atom is -0.368 e. The van der Waals surface area contributed by atoms with Gasteiger partial charge in [0.1, 0.15) is 0 Å². The third-order valence-electron chi connectivity index (χ3n) is 7.68. The minimum absolute atomic E-state index is 0.0487. The number of nitrogens with one attached hydrogen (secondary N) is 1. The average molecular weight is 463 g/mol. The van der Waals surface area contributed by atoms with E-state index >= 15 is 0 Å². The number of aromatic nitrogens is 1. The number of rotatable bonds is 5. The molecule has 0 spiro atoms. The van der Waals surface area contributed by atoms with Gasteiger partial charge in [0.2, 0.25) is 0 Å². The van der Waals surface area contributed by atoms with Crippen molar-refractivity contribution in [3.05, 3.63) is 71.4 Å². The van der Waals surface area contributed by atoms with Crippen molar-refractivity contribution in [3.8, 4) is 0 Å². The number of alkyl halides is 2. The van der Waals surface area contributed by atoms with Crippen LogP contribution in [0.5, 0.6) is 0 Å². The number of halogens is 2. The van der Waals surface area contributed by atoms with Gasteiger partial charge in [0, 0.05) is 54.9 Å². The number of nitrogens with zero attached hydrogens (tertiary/aromatic N) is 3. The number of amides is 1. The Bertz CT molecular complexity index is 1260. The van der Waals surface area contributed by atoms with E-state index in [4.69, 9.17) is 0 Å². The van der Waals surface area contributed by atoms with Crippen LogP contribution in [0.15, 0.2) is 54.7 Å². The van der Waals surface area contributed by atoms with Crippen molar-refractivity contribution in [2.45, 2.75) is 43.7 Å². The summed E-state index contributed by atoms with van der Waals surface area (Å²) in [5.41, 5.74) is 4.25. The molecule has 1 N–H and O–H groups in total. The van der Waals surface area contributed by atoms with E-state index in [9.17, 15) is 13.6 Å². The lowest BCUT2D eigenvalue weighted by Gasteiger charge is -2.45. The lowest BCUT2D eigenvalue weighted by molar-refractivity contribution is 0.00602. The highest BCUT2D eigenvalue weighted by molar-refractivity contribution is 5.98. The van der Waals surface area contributed by atoms with Gasteiger partial charge >= 0.3 is 0 Å². The number of hydrogen-bond donors (Lipinski definition) is 1. The maximum absolute atomic E-state index is 13.6. The SMILES string of the molecule is Cc1ccc(N2CC(N3CCC(F)(F)C3)C2)cc1C(=O)NC1(c2ccnc3ccccc23)CC1. The summed E-state index contributed by atoms with van der Waals surface area (Å²) < 4.78 is 27.1. The number of para-hydroxylation sites is 1. The molecule has 0 bridgehead atoms. The van der Waals surface area contributed by atoms with Gasteiger partial charge in [-0.15, -0.1) is 0 Å². The second-order valence-corrected chi connectivity index (χ2v) is 10.0. The first-order valence-electron chi connectivity index (χ1n) is 12.0. The van der Waals surface area contributed by atoms with Crippen molar-refractivity contribution in [2.75, 3.05) is 31.1 Å². The molecule has 3 aliphatic rings. The molecule has 1 amide bonds. The van der Waals surface area contributed by atoms with E-state index in [0.29, 0.717) is 25.2 Å². The van der Waals surface area contributed by atoms with E-state index in [2.05, 4.69) is 21.3 Å². The summed E-state index contributed by atoms with van der Waals surface area (Å²) in [5.74, 6) is -2.64. The van der Waals surface area contributed by atoms with Gasteiger partial charge in [-0.2, -0.15) is 0 Å². The van der Waals surface area contributed by atoms with Crippen LogP contribution in [-0.2, 0) is 5.54 Å². The zero-order chi connectivity index (χ0) is 23.5. The number of anilines is 1. The number of benzene rings is 2. The minimum atomic E-state index is -2.56. The second-order valence-electron chi connectivity index (χ2n) is 10.0. The fourth-order valence-electron chi connectivity index (χ4n) is 5.41. The molecule has 2 saturated heterocycles. The van der Waals surface area contributed by atoms with Crippen LogP contribution in [-0.4, -0.2) is 53.9 Å². The Labute approximate surface area is 197 Å². The number of carbonyl (C=O) groups is 1. The summed E-state index contributed by atoms with van der Waals surface area (Å²) in [6.45, 7) is 3.70. The predicted molar refractivity (Wildman–Crippen MR) is 128 cm³/mol. The molecule has 0 radical (unpaired) electrons. The first-order valence-corrected chi connectivity index (χ1v) is 12.0. The smallest absolute Gasteiger partial charge is 0.261 e. The predicted octanol–water partition coefficient (Wildman–Crippen LogP) is 4.49. The highest BCUT2D eigenvalue weighted by atomic mass is 19.3. The van der Waals surface area contributed by atoms with Crippen LogP contribution in [0, 0.1) is 6.92 Å². The maximum atomic E-state index is 13.6. The highest BCUT2D eigenvalue weighted by Crippen LogP contribution is 2.48. The number of likely N-dealkylation sites (tertiary alicyclic amines) is 1. The molecule has 1 saturated carbocycles. The molecule has 34 heavy (non-hydrogen) atoms. The van der Waals surface area contributed by atoms with Crippen molar-refractivity contribution >= 4 is 22.5 Å². The van der Waals surface area contributed by atoms with Crippen molar-refractivity contribution < 1.29 is 13.6 Å².